The van der Waals surface area contributed by atoms with Gasteiger partial charge in [0.05, 0.1) is 13.2 Å². The molecule has 8 heteroatoms. The molecule has 0 radical (unpaired) electrons. The molecule has 2 fully saturated rings. The fraction of sp³-hybridized carbons (Fsp3) is 0.706. The number of rotatable bonds is 4. The van der Waals surface area contributed by atoms with Crippen molar-refractivity contribution in [2.45, 2.75) is 13.3 Å². The molecule has 1 amide bonds. The number of aromatic amines is 1. The standard InChI is InChI=1S/C17H26N4O4/c1-12-18-7-15(16(23)19-12)17(24)21-9-13(6-14(10-21)11-22)8-20-2-4-25-5-3-20/h7,13-14,22H,2-6,8-11H2,1H3,(H,18,19,23). The van der Waals surface area contributed by atoms with Crippen LogP contribution in [0.4, 0.5) is 0 Å². The molecule has 2 aliphatic heterocycles. The van der Waals surface area contributed by atoms with Gasteiger partial charge in [-0.2, -0.15) is 0 Å². The Morgan fingerprint density at radius 1 is 1.36 bits per heavy atom. The summed E-state index contributed by atoms with van der Waals surface area (Å²) < 4.78 is 5.38. The normalized spacial score (nSPS) is 25.1. The lowest BCUT2D eigenvalue weighted by Gasteiger charge is -2.39. The van der Waals surface area contributed by atoms with Gasteiger partial charge in [0.2, 0.25) is 0 Å². The number of likely N-dealkylation sites (tertiary alicyclic amines) is 1. The first kappa shape index (κ1) is 18.0. The molecule has 0 spiro atoms. The second-order valence-corrected chi connectivity index (χ2v) is 6.98. The fourth-order valence-corrected chi connectivity index (χ4v) is 3.70. The van der Waals surface area contributed by atoms with E-state index in [4.69, 9.17) is 4.74 Å². The number of carbonyl (C=O) groups excluding carboxylic acids is 1. The first-order valence-electron chi connectivity index (χ1n) is 8.83. The number of aliphatic hydroxyl groups is 1. The Morgan fingerprint density at radius 2 is 2.08 bits per heavy atom. The van der Waals surface area contributed by atoms with E-state index in [9.17, 15) is 14.7 Å². The van der Waals surface area contributed by atoms with E-state index in [0.717, 1.165) is 39.3 Å². The Morgan fingerprint density at radius 3 is 2.76 bits per heavy atom. The minimum absolute atomic E-state index is 0.0428. The molecule has 3 rings (SSSR count). The minimum atomic E-state index is -0.409. The molecule has 2 atom stereocenters. The van der Waals surface area contributed by atoms with Crippen LogP contribution in [0.25, 0.3) is 0 Å². The van der Waals surface area contributed by atoms with Crippen LogP contribution in [0, 0.1) is 18.8 Å². The molecule has 1 aromatic rings. The van der Waals surface area contributed by atoms with Crippen molar-refractivity contribution in [1.29, 1.82) is 0 Å². The van der Waals surface area contributed by atoms with Gasteiger partial charge in [-0.1, -0.05) is 0 Å². The van der Waals surface area contributed by atoms with Crippen molar-refractivity contribution in [2.75, 3.05) is 52.5 Å². The highest BCUT2D eigenvalue weighted by Gasteiger charge is 2.32. The number of ether oxygens (including phenoxy) is 1. The molecule has 0 aliphatic carbocycles. The van der Waals surface area contributed by atoms with Crippen molar-refractivity contribution in [1.82, 2.24) is 19.8 Å². The molecule has 3 heterocycles. The summed E-state index contributed by atoms with van der Waals surface area (Å²) in [5, 5.41) is 9.62. The zero-order valence-electron chi connectivity index (χ0n) is 14.6. The molecule has 8 nitrogen and oxygen atoms in total. The molecule has 1 aromatic heterocycles. The molecule has 2 saturated heterocycles. The van der Waals surface area contributed by atoms with E-state index in [2.05, 4.69) is 14.9 Å². The maximum Gasteiger partial charge on any atom is 0.263 e. The molecule has 0 bridgehead atoms. The lowest BCUT2D eigenvalue weighted by molar-refractivity contribution is 0.0129. The number of aryl methyl sites for hydroxylation is 1. The first-order valence-corrected chi connectivity index (χ1v) is 8.83. The smallest absolute Gasteiger partial charge is 0.263 e. The van der Waals surface area contributed by atoms with Crippen LogP contribution in [-0.2, 0) is 4.74 Å². The van der Waals surface area contributed by atoms with Gasteiger partial charge in [-0.05, 0) is 25.2 Å². The van der Waals surface area contributed by atoms with E-state index in [1.54, 1.807) is 11.8 Å². The van der Waals surface area contributed by atoms with Crippen molar-refractivity contribution >= 4 is 5.91 Å². The Kier molecular flexibility index (Phi) is 5.82. The minimum Gasteiger partial charge on any atom is -0.396 e. The van der Waals surface area contributed by atoms with E-state index in [0.29, 0.717) is 18.9 Å². The topological polar surface area (TPSA) is 98.8 Å². The molecule has 2 unspecified atom stereocenters. The van der Waals surface area contributed by atoms with E-state index in [-0.39, 0.29) is 29.9 Å². The number of amides is 1. The Bertz CT molecular complexity index is 656. The number of aromatic nitrogens is 2. The number of hydrogen-bond acceptors (Lipinski definition) is 6. The predicted octanol–water partition coefficient (Wildman–Crippen LogP) is -0.519. The Labute approximate surface area is 146 Å². The second kappa shape index (κ2) is 8.07. The van der Waals surface area contributed by atoms with E-state index in [1.165, 1.54) is 6.20 Å². The van der Waals surface area contributed by atoms with Gasteiger partial charge in [-0.3, -0.25) is 14.5 Å². The summed E-state index contributed by atoms with van der Waals surface area (Å²) in [6.07, 6.45) is 2.23. The van der Waals surface area contributed by atoms with Crippen LogP contribution in [0.5, 0.6) is 0 Å². The van der Waals surface area contributed by atoms with Crippen LogP contribution in [0.15, 0.2) is 11.0 Å². The maximum absolute atomic E-state index is 12.8. The lowest BCUT2D eigenvalue weighted by atomic mass is 9.88. The predicted molar refractivity (Wildman–Crippen MR) is 91.4 cm³/mol. The van der Waals surface area contributed by atoms with Crippen LogP contribution in [-0.4, -0.2) is 83.3 Å². The van der Waals surface area contributed by atoms with Gasteiger partial charge in [-0.25, -0.2) is 4.98 Å². The maximum atomic E-state index is 12.8. The van der Waals surface area contributed by atoms with Crippen LogP contribution < -0.4 is 5.56 Å². The SMILES string of the molecule is Cc1ncc(C(=O)N2CC(CO)CC(CN3CCOCC3)C2)c(=O)[nH]1. The number of piperidine rings is 1. The van der Waals surface area contributed by atoms with E-state index >= 15 is 0 Å². The van der Waals surface area contributed by atoms with Crippen molar-refractivity contribution < 1.29 is 14.6 Å². The largest absolute Gasteiger partial charge is 0.396 e. The Hall–Kier alpha value is -1.77. The van der Waals surface area contributed by atoms with Gasteiger partial charge in [0.1, 0.15) is 11.4 Å². The lowest BCUT2D eigenvalue weighted by Crippen LogP contribution is -2.50. The highest BCUT2D eigenvalue weighted by atomic mass is 16.5. The average Bonchev–Trinajstić information content (AvgIpc) is 2.62. The summed E-state index contributed by atoms with van der Waals surface area (Å²) in [6, 6.07) is 0. The molecule has 2 aliphatic rings. The van der Waals surface area contributed by atoms with E-state index < -0.39 is 5.56 Å². The summed E-state index contributed by atoms with van der Waals surface area (Å²) >= 11 is 0. The van der Waals surface area contributed by atoms with Crippen molar-refractivity contribution in [3.05, 3.63) is 27.9 Å². The quantitative estimate of drug-likeness (QED) is 0.758. The highest BCUT2D eigenvalue weighted by molar-refractivity contribution is 5.93. The van der Waals surface area contributed by atoms with E-state index in [1.807, 2.05) is 0 Å². The zero-order valence-corrected chi connectivity index (χ0v) is 14.6. The molecule has 138 valence electrons. The molecular formula is C17H26N4O4. The van der Waals surface area contributed by atoms with Crippen LogP contribution in [0.2, 0.25) is 0 Å². The molecule has 2 N–H and O–H groups in total. The Balaban J connectivity index is 1.70. The van der Waals surface area contributed by atoms with Gasteiger partial charge in [0.25, 0.3) is 11.5 Å². The molecular weight excluding hydrogens is 324 g/mol. The number of nitrogens with zero attached hydrogens (tertiary/aromatic N) is 3. The summed E-state index contributed by atoms with van der Waals surface area (Å²) in [5.41, 5.74) is -0.345. The van der Waals surface area contributed by atoms with Crippen molar-refractivity contribution in [2.24, 2.45) is 11.8 Å². The first-order chi connectivity index (χ1) is 12.1. The van der Waals surface area contributed by atoms with Crippen LogP contribution in [0.1, 0.15) is 22.6 Å². The number of morpholine rings is 1. The number of nitrogens with one attached hydrogen (secondary N) is 1. The van der Waals surface area contributed by atoms with Crippen molar-refractivity contribution in [3.63, 3.8) is 0 Å². The fourth-order valence-electron chi connectivity index (χ4n) is 3.70. The summed E-state index contributed by atoms with van der Waals surface area (Å²) in [5.74, 6) is 0.504. The zero-order chi connectivity index (χ0) is 17.8. The molecule has 25 heavy (non-hydrogen) atoms. The molecule has 0 saturated carbocycles. The average molecular weight is 350 g/mol. The summed E-state index contributed by atoms with van der Waals surface area (Å²) in [4.78, 5) is 35.5. The van der Waals surface area contributed by atoms with Gasteiger partial charge in [0.15, 0.2) is 0 Å². The number of H-pyrrole nitrogens is 1. The van der Waals surface area contributed by atoms with Gasteiger partial charge in [-0.15, -0.1) is 0 Å². The summed E-state index contributed by atoms with van der Waals surface area (Å²) in [7, 11) is 0. The highest BCUT2D eigenvalue weighted by Crippen LogP contribution is 2.24. The number of aliphatic hydroxyl groups excluding tert-OH is 1. The van der Waals surface area contributed by atoms with Crippen molar-refractivity contribution in [3.8, 4) is 0 Å². The molecule has 0 aromatic carbocycles. The second-order valence-electron chi connectivity index (χ2n) is 6.98. The van der Waals surface area contributed by atoms with Crippen LogP contribution >= 0.6 is 0 Å². The third kappa shape index (κ3) is 4.45. The summed E-state index contributed by atoms with van der Waals surface area (Å²) in [6.45, 7) is 6.95. The van der Waals surface area contributed by atoms with Crippen LogP contribution in [0.3, 0.4) is 0 Å². The van der Waals surface area contributed by atoms with Gasteiger partial charge < -0.3 is 19.7 Å². The number of carbonyl (C=O) groups is 1. The van der Waals surface area contributed by atoms with Gasteiger partial charge >= 0.3 is 0 Å². The third-order valence-electron chi connectivity index (χ3n) is 4.95. The third-order valence-corrected chi connectivity index (χ3v) is 4.95. The number of hydrogen-bond donors (Lipinski definition) is 2. The van der Waals surface area contributed by atoms with Gasteiger partial charge in [0, 0.05) is 45.5 Å². The monoisotopic (exact) mass is 350 g/mol.